The summed E-state index contributed by atoms with van der Waals surface area (Å²) in [5.74, 6) is -0.291. The quantitative estimate of drug-likeness (QED) is 0.349. The highest BCUT2D eigenvalue weighted by atomic mass is 35.5. The molecular formula is C29H30ClN5O5S. The van der Waals surface area contributed by atoms with Gasteiger partial charge >= 0.3 is 6.09 Å². The van der Waals surface area contributed by atoms with Gasteiger partial charge in [-0.3, -0.25) is 14.0 Å². The van der Waals surface area contributed by atoms with Crippen LogP contribution in [0.15, 0.2) is 66.7 Å². The zero-order chi connectivity index (χ0) is 29.3. The van der Waals surface area contributed by atoms with Crippen LogP contribution in [0.3, 0.4) is 0 Å². The fraction of sp³-hybridized carbons (Fsp3) is 0.241. The molecule has 0 bridgehead atoms. The van der Waals surface area contributed by atoms with E-state index in [2.05, 4.69) is 10.6 Å². The van der Waals surface area contributed by atoms with Gasteiger partial charge in [-0.05, 0) is 68.2 Å². The van der Waals surface area contributed by atoms with E-state index in [1.54, 1.807) is 59.5 Å². The summed E-state index contributed by atoms with van der Waals surface area (Å²) in [4.78, 5) is 28.8. The number of likely N-dealkylation sites (N-methyl/N-ethyl adjacent to an activating group) is 1. The van der Waals surface area contributed by atoms with Crippen LogP contribution in [0.1, 0.15) is 11.1 Å². The van der Waals surface area contributed by atoms with Crippen LogP contribution < -0.4 is 19.8 Å². The highest BCUT2D eigenvalue weighted by Gasteiger charge is 2.29. The second kappa shape index (κ2) is 11.4. The number of halogens is 1. The fourth-order valence-electron chi connectivity index (χ4n) is 4.74. The third-order valence-electron chi connectivity index (χ3n) is 6.78. The maximum Gasteiger partial charge on any atom is 0.414 e. The number of sulfonamides is 1. The molecule has 214 valence electrons. The molecule has 1 saturated heterocycles. The number of fused-ring (bicyclic) bond motifs is 1. The van der Waals surface area contributed by atoms with Crippen molar-refractivity contribution >= 4 is 67.6 Å². The van der Waals surface area contributed by atoms with Crippen LogP contribution in [0.5, 0.6) is 0 Å². The summed E-state index contributed by atoms with van der Waals surface area (Å²) in [6, 6.07) is 19.5. The molecule has 0 atom stereocenters. The molecule has 3 aromatic carbocycles. The molecule has 12 heteroatoms. The maximum absolute atomic E-state index is 13.2. The number of nitrogens with one attached hydrogen (secondary N) is 2. The molecule has 3 aromatic rings. The SMILES string of the molecule is CN(C)CCN(c1ccc(NC(=C2C(=O)Nc3cc(Cl)ccc32)c2ccc(N3CCOC3=O)cc2)cc1)S(C)(=O)=O. The number of hydrogen-bond acceptors (Lipinski definition) is 7. The van der Waals surface area contributed by atoms with Gasteiger partial charge in [0, 0.05) is 35.1 Å². The van der Waals surface area contributed by atoms with Crippen molar-refractivity contribution in [2.75, 3.05) is 66.4 Å². The molecular weight excluding hydrogens is 566 g/mol. The first-order chi connectivity index (χ1) is 19.5. The van der Waals surface area contributed by atoms with Crippen molar-refractivity contribution in [3.63, 3.8) is 0 Å². The van der Waals surface area contributed by atoms with E-state index >= 15 is 0 Å². The van der Waals surface area contributed by atoms with Crippen LogP contribution in [0.25, 0.3) is 11.3 Å². The minimum Gasteiger partial charge on any atom is -0.447 e. The molecule has 2 heterocycles. The van der Waals surface area contributed by atoms with E-state index in [9.17, 15) is 18.0 Å². The average molecular weight is 596 g/mol. The number of rotatable bonds is 9. The van der Waals surface area contributed by atoms with Gasteiger partial charge in [-0.15, -0.1) is 0 Å². The first-order valence-electron chi connectivity index (χ1n) is 12.9. The Bertz CT molecular complexity index is 1620. The lowest BCUT2D eigenvalue weighted by atomic mass is 9.99. The summed E-state index contributed by atoms with van der Waals surface area (Å²) >= 11 is 6.17. The number of ether oxygens (including phenoxy) is 1. The van der Waals surface area contributed by atoms with Crippen molar-refractivity contribution in [2.24, 2.45) is 0 Å². The number of benzene rings is 3. The van der Waals surface area contributed by atoms with Crippen LogP contribution in [-0.4, -0.2) is 71.9 Å². The zero-order valence-electron chi connectivity index (χ0n) is 22.8. The van der Waals surface area contributed by atoms with E-state index in [0.717, 1.165) is 0 Å². The zero-order valence-corrected chi connectivity index (χ0v) is 24.4. The third-order valence-corrected chi connectivity index (χ3v) is 8.21. The Morgan fingerprint density at radius 1 is 1.02 bits per heavy atom. The van der Waals surface area contributed by atoms with Gasteiger partial charge in [-0.1, -0.05) is 29.8 Å². The molecule has 2 aliphatic heterocycles. The lowest BCUT2D eigenvalue weighted by Crippen LogP contribution is -2.35. The van der Waals surface area contributed by atoms with E-state index in [4.69, 9.17) is 16.3 Å². The minimum absolute atomic E-state index is 0.291. The molecule has 2 aliphatic rings. The Hall–Kier alpha value is -4.06. The molecule has 0 unspecified atom stereocenters. The molecule has 0 spiro atoms. The number of hydrogen-bond donors (Lipinski definition) is 2. The van der Waals surface area contributed by atoms with E-state index in [1.165, 1.54) is 10.6 Å². The second-order valence-electron chi connectivity index (χ2n) is 10.0. The standard InChI is InChI=1S/C29H30ClN5O5S/c1-33(2)14-15-35(41(3,38)39)23-11-7-21(8-12-23)31-27(26-24-13-6-20(30)18-25(24)32-28(26)36)19-4-9-22(10-5-19)34-16-17-40-29(34)37/h4-13,18,31H,14-17H2,1-3H3,(H,32,36). The molecule has 0 saturated carbocycles. The maximum atomic E-state index is 13.2. The molecule has 0 aliphatic carbocycles. The molecule has 0 radical (unpaired) electrons. The highest BCUT2D eigenvalue weighted by molar-refractivity contribution is 7.92. The van der Waals surface area contributed by atoms with Gasteiger partial charge in [0.15, 0.2) is 0 Å². The predicted octanol–water partition coefficient (Wildman–Crippen LogP) is 4.56. The van der Waals surface area contributed by atoms with E-state index in [-0.39, 0.29) is 5.91 Å². The van der Waals surface area contributed by atoms with Gasteiger partial charge < -0.3 is 20.3 Å². The Morgan fingerprint density at radius 2 is 1.73 bits per heavy atom. The van der Waals surface area contributed by atoms with Gasteiger partial charge in [0.2, 0.25) is 10.0 Å². The van der Waals surface area contributed by atoms with Crippen molar-refractivity contribution in [2.45, 2.75) is 0 Å². The normalized spacial score (nSPS) is 16.0. The van der Waals surface area contributed by atoms with E-state index < -0.39 is 16.1 Å². The molecule has 0 aromatic heterocycles. The van der Waals surface area contributed by atoms with E-state index in [1.807, 2.05) is 31.1 Å². The lowest BCUT2D eigenvalue weighted by molar-refractivity contribution is -0.110. The number of carbonyl (C=O) groups excluding carboxylic acids is 2. The summed E-state index contributed by atoms with van der Waals surface area (Å²) in [6.07, 6.45) is 0.787. The van der Waals surface area contributed by atoms with Crippen LogP contribution in [0.4, 0.5) is 27.5 Å². The van der Waals surface area contributed by atoms with E-state index in [0.29, 0.717) is 76.4 Å². The third kappa shape index (κ3) is 6.17. The molecule has 2 N–H and O–H groups in total. The second-order valence-corrected chi connectivity index (χ2v) is 12.4. The summed E-state index contributed by atoms with van der Waals surface area (Å²) < 4.78 is 31.4. The molecule has 41 heavy (non-hydrogen) atoms. The van der Waals surface area contributed by atoms with Crippen molar-refractivity contribution in [3.05, 3.63) is 82.9 Å². The smallest absolute Gasteiger partial charge is 0.414 e. The topological polar surface area (TPSA) is 111 Å². The summed E-state index contributed by atoms with van der Waals surface area (Å²) in [7, 11) is 0.283. The van der Waals surface area contributed by atoms with Crippen molar-refractivity contribution < 1.29 is 22.7 Å². The van der Waals surface area contributed by atoms with Crippen LogP contribution in [0, 0.1) is 0 Å². The number of cyclic esters (lactones) is 1. The Labute approximate surface area is 244 Å². The summed E-state index contributed by atoms with van der Waals surface area (Å²) in [5, 5.41) is 6.76. The molecule has 2 amide bonds. The highest BCUT2D eigenvalue weighted by Crippen LogP contribution is 2.39. The van der Waals surface area contributed by atoms with Gasteiger partial charge in [0.1, 0.15) is 6.61 Å². The van der Waals surface area contributed by atoms with Crippen molar-refractivity contribution in [1.82, 2.24) is 4.90 Å². The first-order valence-corrected chi connectivity index (χ1v) is 15.1. The fourth-order valence-corrected chi connectivity index (χ4v) is 5.83. The monoisotopic (exact) mass is 595 g/mol. The van der Waals surface area contributed by atoms with Crippen LogP contribution in [0.2, 0.25) is 5.02 Å². The largest absolute Gasteiger partial charge is 0.447 e. The average Bonchev–Trinajstić information content (AvgIpc) is 3.49. The number of amides is 2. The molecule has 1 fully saturated rings. The molecule has 10 nitrogen and oxygen atoms in total. The van der Waals surface area contributed by atoms with Crippen LogP contribution in [-0.2, 0) is 19.6 Å². The predicted molar refractivity (Wildman–Crippen MR) is 163 cm³/mol. The first kappa shape index (κ1) is 28.5. The number of carbonyl (C=O) groups is 2. The Balaban J connectivity index is 1.53. The summed E-state index contributed by atoms with van der Waals surface area (Å²) in [6.45, 7) is 1.67. The van der Waals surface area contributed by atoms with Crippen LogP contribution >= 0.6 is 11.6 Å². The summed E-state index contributed by atoms with van der Waals surface area (Å²) in [5.41, 5.74) is 4.85. The molecule has 5 rings (SSSR count). The minimum atomic E-state index is -3.49. The van der Waals surface area contributed by atoms with Crippen molar-refractivity contribution in [3.8, 4) is 0 Å². The Kier molecular flexibility index (Phi) is 7.94. The van der Waals surface area contributed by atoms with Gasteiger partial charge in [-0.25, -0.2) is 13.2 Å². The van der Waals surface area contributed by atoms with Gasteiger partial charge in [0.05, 0.1) is 35.4 Å². The van der Waals surface area contributed by atoms with Gasteiger partial charge in [-0.2, -0.15) is 0 Å². The lowest BCUT2D eigenvalue weighted by Gasteiger charge is -2.24. The van der Waals surface area contributed by atoms with Gasteiger partial charge in [0.25, 0.3) is 5.91 Å². The number of anilines is 4. The Morgan fingerprint density at radius 3 is 2.34 bits per heavy atom. The van der Waals surface area contributed by atoms with Crippen molar-refractivity contribution in [1.29, 1.82) is 0 Å². The number of nitrogens with zero attached hydrogens (tertiary/aromatic N) is 3.